The van der Waals surface area contributed by atoms with Gasteiger partial charge >= 0.3 is 0 Å². The molecule has 15 heavy (non-hydrogen) atoms. The van der Waals surface area contributed by atoms with Crippen LogP contribution in [0.15, 0.2) is 0 Å². The molecule has 1 atom stereocenters. The van der Waals surface area contributed by atoms with E-state index >= 15 is 0 Å². The first kappa shape index (κ1) is 12.9. The van der Waals surface area contributed by atoms with E-state index in [-0.39, 0.29) is 0 Å². The van der Waals surface area contributed by atoms with E-state index in [1.54, 1.807) is 7.11 Å². The molecule has 1 saturated heterocycles. The first-order valence-corrected chi connectivity index (χ1v) is 5.82. The lowest BCUT2D eigenvalue weighted by atomic mass is 10.1. The second-order valence-corrected chi connectivity index (χ2v) is 3.80. The van der Waals surface area contributed by atoms with E-state index in [0.717, 1.165) is 32.7 Å². The summed E-state index contributed by atoms with van der Waals surface area (Å²) in [5.41, 5.74) is 0. The third-order valence-electron chi connectivity index (χ3n) is 2.47. The molecular formula is C11H23NO3. The molecule has 1 aliphatic rings. The number of hydrogen-bond acceptors (Lipinski definition) is 4. The fourth-order valence-corrected chi connectivity index (χ4v) is 1.64. The predicted octanol–water partition coefficient (Wildman–Crippen LogP) is 0.808. The predicted molar refractivity (Wildman–Crippen MR) is 59.2 cm³/mol. The molecule has 1 unspecified atom stereocenters. The zero-order valence-electron chi connectivity index (χ0n) is 9.67. The summed E-state index contributed by atoms with van der Waals surface area (Å²) >= 11 is 0. The minimum atomic E-state index is 0.390. The van der Waals surface area contributed by atoms with Gasteiger partial charge in [-0.3, -0.25) is 0 Å². The molecule has 0 aromatic rings. The van der Waals surface area contributed by atoms with Crippen molar-refractivity contribution in [3.8, 4) is 0 Å². The molecule has 0 aliphatic carbocycles. The van der Waals surface area contributed by atoms with E-state index in [1.807, 2.05) is 0 Å². The van der Waals surface area contributed by atoms with Gasteiger partial charge in [0.15, 0.2) is 0 Å². The maximum atomic E-state index is 5.67. The van der Waals surface area contributed by atoms with Crippen molar-refractivity contribution >= 4 is 0 Å². The van der Waals surface area contributed by atoms with E-state index in [4.69, 9.17) is 14.2 Å². The number of nitrogens with one attached hydrogen (secondary N) is 1. The molecular weight excluding hydrogens is 194 g/mol. The number of methoxy groups -OCH3 is 1. The summed E-state index contributed by atoms with van der Waals surface area (Å²) < 4.78 is 16.0. The van der Waals surface area contributed by atoms with Crippen molar-refractivity contribution in [1.82, 2.24) is 5.32 Å². The van der Waals surface area contributed by atoms with E-state index < -0.39 is 0 Å². The smallest absolute Gasteiger partial charge is 0.0704 e. The van der Waals surface area contributed by atoms with Crippen molar-refractivity contribution in [3.63, 3.8) is 0 Å². The summed E-state index contributed by atoms with van der Waals surface area (Å²) in [6.45, 7) is 5.06. The zero-order chi connectivity index (χ0) is 10.8. The maximum absolute atomic E-state index is 5.67. The first-order valence-electron chi connectivity index (χ1n) is 5.82. The molecule has 0 saturated carbocycles. The summed E-state index contributed by atoms with van der Waals surface area (Å²) in [7, 11) is 1.71. The summed E-state index contributed by atoms with van der Waals surface area (Å²) in [6, 6.07) is 0. The molecule has 0 spiro atoms. The highest BCUT2D eigenvalue weighted by Crippen LogP contribution is 2.05. The lowest BCUT2D eigenvalue weighted by molar-refractivity contribution is -0.00701. The Labute approximate surface area is 92.3 Å². The molecule has 0 radical (unpaired) electrons. The lowest BCUT2D eigenvalue weighted by Crippen LogP contribution is -2.35. The molecule has 1 aliphatic heterocycles. The third-order valence-corrected chi connectivity index (χ3v) is 2.47. The van der Waals surface area contributed by atoms with Gasteiger partial charge in [-0.1, -0.05) is 0 Å². The van der Waals surface area contributed by atoms with E-state index in [0.29, 0.717) is 19.3 Å². The van der Waals surface area contributed by atoms with Gasteiger partial charge in [0.2, 0.25) is 0 Å². The van der Waals surface area contributed by atoms with Crippen LogP contribution in [0.25, 0.3) is 0 Å². The number of hydrogen-bond donors (Lipinski definition) is 1. The van der Waals surface area contributed by atoms with Crippen LogP contribution in [0.1, 0.15) is 19.3 Å². The average Bonchev–Trinajstić information content (AvgIpc) is 2.29. The Hall–Kier alpha value is -0.160. The van der Waals surface area contributed by atoms with Crippen LogP contribution in [0.2, 0.25) is 0 Å². The minimum Gasteiger partial charge on any atom is -0.385 e. The summed E-state index contributed by atoms with van der Waals surface area (Å²) in [4.78, 5) is 0. The van der Waals surface area contributed by atoms with Gasteiger partial charge in [0.05, 0.1) is 19.3 Å². The maximum Gasteiger partial charge on any atom is 0.0704 e. The summed E-state index contributed by atoms with van der Waals surface area (Å²) in [5.74, 6) is 0. The SMILES string of the molecule is COCCCOCCOC1CCCNC1. The highest BCUT2D eigenvalue weighted by molar-refractivity contribution is 4.68. The van der Waals surface area contributed by atoms with Gasteiger partial charge in [-0.2, -0.15) is 0 Å². The Kier molecular flexibility index (Phi) is 7.83. The standard InChI is InChI=1S/C11H23NO3/c1-13-6-3-7-14-8-9-15-11-4-2-5-12-10-11/h11-12H,2-10H2,1H3. The second-order valence-electron chi connectivity index (χ2n) is 3.80. The van der Waals surface area contributed by atoms with Crippen molar-refractivity contribution in [2.45, 2.75) is 25.4 Å². The molecule has 0 bridgehead atoms. The van der Waals surface area contributed by atoms with Gasteiger partial charge < -0.3 is 19.5 Å². The van der Waals surface area contributed by atoms with Crippen LogP contribution in [0.4, 0.5) is 0 Å². The van der Waals surface area contributed by atoms with Crippen LogP contribution in [-0.4, -0.2) is 52.7 Å². The normalized spacial score (nSPS) is 21.8. The summed E-state index contributed by atoms with van der Waals surface area (Å²) in [6.07, 6.45) is 3.75. The van der Waals surface area contributed by atoms with Crippen LogP contribution in [0.3, 0.4) is 0 Å². The number of ether oxygens (including phenoxy) is 3. The molecule has 0 aromatic heterocycles. The van der Waals surface area contributed by atoms with Crippen molar-refractivity contribution in [3.05, 3.63) is 0 Å². The molecule has 4 nitrogen and oxygen atoms in total. The van der Waals surface area contributed by atoms with Crippen LogP contribution < -0.4 is 5.32 Å². The van der Waals surface area contributed by atoms with Crippen molar-refractivity contribution in [2.24, 2.45) is 0 Å². The highest BCUT2D eigenvalue weighted by Gasteiger charge is 2.12. The van der Waals surface area contributed by atoms with Crippen molar-refractivity contribution in [2.75, 3.05) is 46.6 Å². The van der Waals surface area contributed by atoms with Crippen LogP contribution in [-0.2, 0) is 14.2 Å². The Morgan fingerprint density at radius 1 is 1.20 bits per heavy atom. The molecule has 90 valence electrons. The lowest BCUT2D eigenvalue weighted by Gasteiger charge is -2.22. The van der Waals surface area contributed by atoms with Crippen LogP contribution in [0, 0.1) is 0 Å². The first-order chi connectivity index (χ1) is 7.43. The van der Waals surface area contributed by atoms with Gasteiger partial charge in [0.1, 0.15) is 0 Å². The fraction of sp³-hybridized carbons (Fsp3) is 1.00. The molecule has 1 rings (SSSR count). The van der Waals surface area contributed by atoms with Gasteiger partial charge in [-0.15, -0.1) is 0 Å². The Morgan fingerprint density at radius 3 is 2.87 bits per heavy atom. The van der Waals surface area contributed by atoms with Gasteiger partial charge in [0.25, 0.3) is 0 Å². The average molecular weight is 217 g/mol. The molecule has 1 heterocycles. The van der Waals surface area contributed by atoms with Crippen LogP contribution >= 0.6 is 0 Å². The van der Waals surface area contributed by atoms with Crippen molar-refractivity contribution in [1.29, 1.82) is 0 Å². The van der Waals surface area contributed by atoms with E-state index in [2.05, 4.69) is 5.32 Å². The third kappa shape index (κ3) is 6.84. The summed E-state index contributed by atoms with van der Waals surface area (Å²) in [5, 5.41) is 3.32. The quantitative estimate of drug-likeness (QED) is 0.611. The Morgan fingerprint density at radius 2 is 2.13 bits per heavy atom. The monoisotopic (exact) mass is 217 g/mol. The highest BCUT2D eigenvalue weighted by atomic mass is 16.5. The van der Waals surface area contributed by atoms with E-state index in [9.17, 15) is 0 Å². The minimum absolute atomic E-state index is 0.390. The molecule has 0 aromatic carbocycles. The van der Waals surface area contributed by atoms with Gasteiger partial charge in [0, 0.05) is 26.9 Å². The largest absolute Gasteiger partial charge is 0.385 e. The molecule has 0 amide bonds. The fourth-order valence-electron chi connectivity index (χ4n) is 1.64. The zero-order valence-corrected chi connectivity index (χ0v) is 9.67. The van der Waals surface area contributed by atoms with Crippen molar-refractivity contribution < 1.29 is 14.2 Å². The van der Waals surface area contributed by atoms with E-state index in [1.165, 1.54) is 12.8 Å². The molecule has 1 fully saturated rings. The topological polar surface area (TPSA) is 39.7 Å². The number of piperidine rings is 1. The Bertz CT molecular complexity index is 138. The number of rotatable bonds is 8. The molecule has 1 N–H and O–H groups in total. The van der Waals surface area contributed by atoms with Gasteiger partial charge in [-0.05, 0) is 25.8 Å². The molecule has 4 heteroatoms. The second kappa shape index (κ2) is 9.09. The van der Waals surface area contributed by atoms with Crippen LogP contribution in [0.5, 0.6) is 0 Å². The Balaban J connectivity index is 1.79. The van der Waals surface area contributed by atoms with Gasteiger partial charge in [-0.25, -0.2) is 0 Å².